The van der Waals surface area contributed by atoms with Crippen LogP contribution < -0.4 is 5.32 Å². The highest BCUT2D eigenvalue weighted by Crippen LogP contribution is 2.29. The van der Waals surface area contributed by atoms with Gasteiger partial charge in [0, 0.05) is 25.2 Å². The number of hydrogen-bond donors (Lipinski definition) is 1. The van der Waals surface area contributed by atoms with E-state index in [4.69, 9.17) is 6.42 Å². The van der Waals surface area contributed by atoms with E-state index in [2.05, 4.69) is 23.1 Å². The van der Waals surface area contributed by atoms with Crippen LogP contribution in [0, 0.1) is 12.3 Å². The van der Waals surface area contributed by atoms with Crippen molar-refractivity contribution in [1.82, 2.24) is 10.2 Å². The summed E-state index contributed by atoms with van der Waals surface area (Å²) in [7, 11) is 0. The predicted molar refractivity (Wildman–Crippen MR) is 63.7 cm³/mol. The molecule has 84 valence electrons. The van der Waals surface area contributed by atoms with Crippen LogP contribution in [0.1, 0.15) is 39.0 Å². The molecule has 0 bridgehead atoms. The third-order valence-electron chi connectivity index (χ3n) is 3.50. The maximum atomic E-state index is 5.52. The molecule has 1 saturated heterocycles. The summed E-state index contributed by atoms with van der Waals surface area (Å²) in [6, 6.07) is 1.84. The zero-order valence-corrected chi connectivity index (χ0v) is 9.71. The van der Waals surface area contributed by atoms with Gasteiger partial charge in [0.2, 0.25) is 0 Å². The topological polar surface area (TPSA) is 15.3 Å². The van der Waals surface area contributed by atoms with Crippen LogP contribution in [0.15, 0.2) is 0 Å². The molecule has 2 aliphatic rings. The molecule has 0 aromatic carbocycles. The molecule has 0 aromatic heterocycles. The molecule has 0 spiro atoms. The fourth-order valence-corrected chi connectivity index (χ4v) is 2.48. The van der Waals surface area contributed by atoms with Gasteiger partial charge < -0.3 is 0 Å². The van der Waals surface area contributed by atoms with Crippen LogP contribution >= 0.6 is 0 Å². The third-order valence-corrected chi connectivity index (χ3v) is 3.50. The molecule has 1 heterocycles. The van der Waals surface area contributed by atoms with E-state index in [0.29, 0.717) is 12.1 Å². The summed E-state index contributed by atoms with van der Waals surface area (Å²) < 4.78 is 0. The molecule has 15 heavy (non-hydrogen) atoms. The SMILES string of the molecule is C#CC(CCC)NC1CCN(C2CC2)C1. The largest absolute Gasteiger partial charge is 0.300 e. The second-order valence-electron chi connectivity index (χ2n) is 4.89. The molecule has 2 rings (SSSR count). The van der Waals surface area contributed by atoms with Gasteiger partial charge in [0.05, 0.1) is 6.04 Å². The first-order valence-electron chi connectivity index (χ1n) is 6.29. The Balaban J connectivity index is 1.73. The molecular formula is C13H22N2. The minimum Gasteiger partial charge on any atom is -0.300 e. The van der Waals surface area contributed by atoms with Crippen molar-refractivity contribution in [2.75, 3.05) is 13.1 Å². The summed E-state index contributed by atoms with van der Waals surface area (Å²) in [5, 5.41) is 3.60. The average molecular weight is 206 g/mol. The van der Waals surface area contributed by atoms with Crippen LogP contribution in [0.3, 0.4) is 0 Å². The van der Waals surface area contributed by atoms with Crippen LogP contribution in [0.4, 0.5) is 0 Å². The molecule has 2 fully saturated rings. The lowest BCUT2D eigenvalue weighted by Gasteiger charge is -2.19. The van der Waals surface area contributed by atoms with Gasteiger partial charge in [-0.25, -0.2) is 0 Å². The summed E-state index contributed by atoms with van der Waals surface area (Å²) in [5.41, 5.74) is 0. The molecule has 1 saturated carbocycles. The van der Waals surface area contributed by atoms with Gasteiger partial charge in [-0.15, -0.1) is 6.42 Å². The lowest BCUT2D eigenvalue weighted by molar-refractivity contribution is 0.314. The summed E-state index contributed by atoms with van der Waals surface area (Å²) in [4.78, 5) is 2.62. The van der Waals surface area contributed by atoms with Gasteiger partial charge >= 0.3 is 0 Å². The van der Waals surface area contributed by atoms with Gasteiger partial charge in [-0.05, 0) is 25.7 Å². The molecule has 0 amide bonds. The van der Waals surface area contributed by atoms with Crippen molar-refractivity contribution < 1.29 is 0 Å². The Morgan fingerprint density at radius 2 is 2.27 bits per heavy atom. The number of likely N-dealkylation sites (tertiary alicyclic amines) is 1. The monoisotopic (exact) mass is 206 g/mol. The molecule has 1 N–H and O–H groups in total. The standard InChI is InChI=1S/C13H22N2/c1-3-5-11(4-2)14-12-8-9-15(10-12)13-6-7-13/h2,11-14H,3,5-10H2,1H3. The minimum atomic E-state index is 0.291. The van der Waals surface area contributed by atoms with Crippen molar-refractivity contribution in [2.45, 2.75) is 57.2 Å². The van der Waals surface area contributed by atoms with Gasteiger partial charge in [-0.1, -0.05) is 19.3 Å². The number of nitrogens with zero attached hydrogens (tertiary/aromatic N) is 1. The van der Waals surface area contributed by atoms with E-state index in [0.717, 1.165) is 12.5 Å². The minimum absolute atomic E-state index is 0.291. The maximum Gasteiger partial charge on any atom is 0.0689 e. The van der Waals surface area contributed by atoms with E-state index in [1.807, 2.05) is 0 Å². The first-order chi connectivity index (χ1) is 7.33. The van der Waals surface area contributed by atoms with Crippen LogP contribution in [0.2, 0.25) is 0 Å². The van der Waals surface area contributed by atoms with Crippen molar-refractivity contribution in [3.63, 3.8) is 0 Å². The Hall–Kier alpha value is -0.520. The highest BCUT2D eigenvalue weighted by Gasteiger charge is 2.34. The average Bonchev–Trinajstić information content (AvgIpc) is 2.99. The smallest absolute Gasteiger partial charge is 0.0689 e. The third kappa shape index (κ3) is 2.96. The zero-order valence-electron chi connectivity index (χ0n) is 9.71. The van der Waals surface area contributed by atoms with Gasteiger partial charge in [0.15, 0.2) is 0 Å². The maximum absolute atomic E-state index is 5.52. The molecular weight excluding hydrogens is 184 g/mol. The predicted octanol–water partition coefficient (Wildman–Crippen LogP) is 1.61. The first kappa shape index (κ1) is 11.0. The molecule has 2 nitrogen and oxygen atoms in total. The summed E-state index contributed by atoms with van der Waals surface area (Å²) in [5.74, 6) is 2.86. The normalized spacial score (nSPS) is 28.9. The molecule has 2 unspecified atom stereocenters. The van der Waals surface area contributed by atoms with Gasteiger partial charge in [0.1, 0.15) is 0 Å². The zero-order chi connectivity index (χ0) is 10.7. The van der Waals surface area contributed by atoms with Crippen LogP contribution in [-0.4, -0.2) is 36.1 Å². The van der Waals surface area contributed by atoms with Crippen molar-refractivity contribution in [3.8, 4) is 12.3 Å². The van der Waals surface area contributed by atoms with E-state index >= 15 is 0 Å². The molecule has 0 radical (unpaired) electrons. The lowest BCUT2D eigenvalue weighted by atomic mass is 10.1. The Bertz CT molecular complexity index is 239. The Labute approximate surface area is 93.4 Å². The van der Waals surface area contributed by atoms with E-state index in [1.54, 1.807) is 0 Å². The van der Waals surface area contributed by atoms with Crippen molar-refractivity contribution in [3.05, 3.63) is 0 Å². The fraction of sp³-hybridized carbons (Fsp3) is 0.846. The van der Waals surface area contributed by atoms with Gasteiger partial charge in [-0.3, -0.25) is 10.2 Å². The highest BCUT2D eigenvalue weighted by molar-refractivity contribution is 5.01. The Morgan fingerprint density at radius 3 is 2.87 bits per heavy atom. The summed E-state index contributed by atoms with van der Waals surface area (Å²) in [6.07, 6.45) is 11.9. The van der Waals surface area contributed by atoms with Crippen molar-refractivity contribution >= 4 is 0 Å². The number of hydrogen-bond acceptors (Lipinski definition) is 2. The van der Waals surface area contributed by atoms with Gasteiger partial charge in [0.25, 0.3) is 0 Å². The lowest BCUT2D eigenvalue weighted by Crippen LogP contribution is -2.39. The Kier molecular flexibility index (Phi) is 3.66. The molecule has 1 aliphatic carbocycles. The fourth-order valence-electron chi connectivity index (χ4n) is 2.48. The van der Waals surface area contributed by atoms with E-state index < -0.39 is 0 Å². The summed E-state index contributed by atoms with van der Waals surface area (Å²) in [6.45, 7) is 4.68. The Morgan fingerprint density at radius 1 is 1.47 bits per heavy atom. The first-order valence-corrected chi connectivity index (χ1v) is 6.29. The molecule has 2 heteroatoms. The second-order valence-corrected chi connectivity index (χ2v) is 4.89. The number of rotatable bonds is 5. The molecule has 1 aliphatic heterocycles. The molecule has 2 atom stereocenters. The van der Waals surface area contributed by atoms with E-state index in [9.17, 15) is 0 Å². The van der Waals surface area contributed by atoms with Crippen LogP contribution in [-0.2, 0) is 0 Å². The van der Waals surface area contributed by atoms with Crippen LogP contribution in [0.5, 0.6) is 0 Å². The van der Waals surface area contributed by atoms with Crippen molar-refractivity contribution in [1.29, 1.82) is 0 Å². The second kappa shape index (κ2) is 5.01. The van der Waals surface area contributed by atoms with E-state index in [-0.39, 0.29) is 0 Å². The summed E-state index contributed by atoms with van der Waals surface area (Å²) >= 11 is 0. The highest BCUT2D eigenvalue weighted by atomic mass is 15.2. The van der Waals surface area contributed by atoms with Crippen molar-refractivity contribution in [2.24, 2.45) is 0 Å². The number of terminal acetylenes is 1. The van der Waals surface area contributed by atoms with E-state index in [1.165, 1.54) is 38.8 Å². The van der Waals surface area contributed by atoms with Gasteiger partial charge in [-0.2, -0.15) is 0 Å². The van der Waals surface area contributed by atoms with Crippen LogP contribution in [0.25, 0.3) is 0 Å². The number of nitrogens with one attached hydrogen (secondary N) is 1. The quantitative estimate of drug-likeness (QED) is 0.688. The molecule has 0 aromatic rings.